The molecular weight excluding hydrogens is 330 g/mol. The SMILES string of the molecule is CC1=CNC(CN2c3c(n(C)c(=O)n(CCCO)c3=O)NC2C)S1. The third kappa shape index (κ3) is 2.82. The Bertz CT molecular complexity index is 785. The van der Waals surface area contributed by atoms with Crippen LogP contribution < -0.4 is 26.8 Å². The van der Waals surface area contributed by atoms with E-state index < -0.39 is 0 Å². The minimum atomic E-state index is -0.361. The predicted molar refractivity (Wildman–Crippen MR) is 96.3 cm³/mol. The van der Waals surface area contributed by atoms with Gasteiger partial charge in [0.05, 0.1) is 18.1 Å². The van der Waals surface area contributed by atoms with Gasteiger partial charge in [0.15, 0.2) is 0 Å². The zero-order chi connectivity index (χ0) is 17.4. The number of aliphatic hydroxyl groups is 1. The molecule has 132 valence electrons. The van der Waals surface area contributed by atoms with Gasteiger partial charge in [0, 0.05) is 26.4 Å². The molecule has 1 aromatic rings. The van der Waals surface area contributed by atoms with Gasteiger partial charge >= 0.3 is 5.69 Å². The molecule has 2 unspecified atom stereocenters. The Kier molecular flexibility index (Phi) is 4.64. The van der Waals surface area contributed by atoms with Gasteiger partial charge in [-0.25, -0.2) is 4.79 Å². The molecule has 0 saturated heterocycles. The molecule has 3 N–H and O–H groups in total. The minimum Gasteiger partial charge on any atom is -0.396 e. The predicted octanol–water partition coefficient (Wildman–Crippen LogP) is 0.0311. The second-order valence-corrected chi connectivity index (χ2v) is 7.52. The maximum atomic E-state index is 12.9. The molecule has 9 heteroatoms. The Morgan fingerprint density at radius 2 is 2.12 bits per heavy atom. The van der Waals surface area contributed by atoms with Gasteiger partial charge in [-0.3, -0.25) is 13.9 Å². The van der Waals surface area contributed by atoms with Gasteiger partial charge in [0.25, 0.3) is 5.56 Å². The fourth-order valence-corrected chi connectivity index (χ4v) is 4.05. The fraction of sp³-hybridized carbons (Fsp3) is 0.600. The number of rotatable bonds is 5. The van der Waals surface area contributed by atoms with Crippen LogP contribution in [0.2, 0.25) is 0 Å². The lowest BCUT2D eigenvalue weighted by Gasteiger charge is -2.26. The summed E-state index contributed by atoms with van der Waals surface area (Å²) in [4.78, 5) is 28.5. The third-order valence-electron chi connectivity index (χ3n) is 4.33. The zero-order valence-electron chi connectivity index (χ0n) is 14.1. The first-order valence-corrected chi connectivity index (χ1v) is 8.89. The van der Waals surface area contributed by atoms with Crippen LogP contribution in [0.3, 0.4) is 0 Å². The van der Waals surface area contributed by atoms with Crippen molar-refractivity contribution in [2.75, 3.05) is 23.4 Å². The molecule has 0 saturated carbocycles. The van der Waals surface area contributed by atoms with Gasteiger partial charge < -0.3 is 20.6 Å². The molecule has 0 fully saturated rings. The Morgan fingerprint density at radius 3 is 2.75 bits per heavy atom. The van der Waals surface area contributed by atoms with Crippen LogP contribution in [0.1, 0.15) is 20.3 Å². The first-order valence-electron chi connectivity index (χ1n) is 8.01. The number of allylic oxidation sites excluding steroid dienone is 1. The average molecular weight is 353 g/mol. The lowest BCUT2D eigenvalue weighted by atomic mass is 10.3. The number of hydrogen-bond acceptors (Lipinski definition) is 7. The summed E-state index contributed by atoms with van der Waals surface area (Å²) in [5.41, 5.74) is -0.139. The fourth-order valence-electron chi connectivity index (χ4n) is 3.09. The first kappa shape index (κ1) is 17.0. The standard InChI is InChI=1S/C15H23N5O3S/c1-9-7-16-11(24-9)8-20-10(2)17-13-12(20)14(22)19(5-4-6-21)15(23)18(13)3/h7,10-11,16-17,21H,4-6,8H2,1-3H3. The van der Waals surface area contributed by atoms with Crippen molar-refractivity contribution in [1.82, 2.24) is 14.5 Å². The Labute approximate surface area is 144 Å². The van der Waals surface area contributed by atoms with E-state index in [4.69, 9.17) is 5.11 Å². The van der Waals surface area contributed by atoms with E-state index in [1.807, 2.05) is 24.9 Å². The number of anilines is 2. The van der Waals surface area contributed by atoms with E-state index in [0.717, 1.165) is 0 Å². The molecule has 3 rings (SSSR count). The van der Waals surface area contributed by atoms with Gasteiger partial charge in [-0.15, -0.1) is 11.8 Å². The highest BCUT2D eigenvalue weighted by molar-refractivity contribution is 8.03. The van der Waals surface area contributed by atoms with Gasteiger partial charge in [-0.2, -0.15) is 0 Å². The summed E-state index contributed by atoms with van der Waals surface area (Å²) in [6.07, 6.45) is 2.28. The minimum absolute atomic E-state index is 0.0569. The molecule has 8 nitrogen and oxygen atoms in total. The summed E-state index contributed by atoms with van der Waals surface area (Å²) >= 11 is 1.73. The zero-order valence-corrected chi connectivity index (χ0v) is 14.9. The van der Waals surface area contributed by atoms with Crippen LogP contribution in [0.4, 0.5) is 11.5 Å². The van der Waals surface area contributed by atoms with Crippen molar-refractivity contribution in [3.05, 3.63) is 31.9 Å². The quantitative estimate of drug-likeness (QED) is 0.688. The van der Waals surface area contributed by atoms with Gasteiger partial charge in [0.1, 0.15) is 11.5 Å². The van der Waals surface area contributed by atoms with E-state index in [0.29, 0.717) is 24.5 Å². The summed E-state index contributed by atoms with van der Waals surface area (Å²) in [6.45, 7) is 4.82. The van der Waals surface area contributed by atoms with Crippen LogP contribution in [0.25, 0.3) is 0 Å². The van der Waals surface area contributed by atoms with Crippen LogP contribution in [0.5, 0.6) is 0 Å². The maximum Gasteiger partial charge on any atom is 0.332 e. The van der Waals surface area contributed by atoms with E-state index in [9.17, 15) is 9.59 Å². The van der Waals surface area contributed by atoms with Crippen molar-refractivity contribution < 1.29 is 5.11 Å². The molecule has 2 aliphatic heterocycles. The second kappa shape index (κ2) is 6.56. The first-order chi connectivity index (χ1) is 11.4. The van der Waals surface area contributed by atoms with Gasteiger partial charge in [-0.1, -0.05) is 0 Å². The molecule has 1 aromatic heterocycles. The number of nitrogens with zero attached hydrogens (tertiary/aromatic N) is 3. The average Bonchev–Trinajstić information content (AvgIpc) is 3.10. The highest BCUT2D eigenvalue weighted by atomic mass is 32.2. The summed E-state index contributed by atoms with van der Waals surface area (Å²) in [6, 6.07) is 0. The molecule has 0 amide bonds. The largest absolute Gasteiger partial charge is 0.396 e. The van der Waals surface area contributed by atoms with Crippen LogP contribution in [0, 0.1) is 0 Å². The van der Waals surface area contributed by atoms with Crippen LogP contribution in [0.15, 0.2) is 20.7 Å². The summed E-state index contributed by atoms with van der Waals surface area (Å²) in [5, 5.41) is 15.7. The number of nitrogens with one attached hydrogen (secondary N) is 2. The lowest BCUT2D eigenvalue weighted by Crippen LogP contribution is -2.44. The van der Waals surface area contributed by atoms with Gasteiger partial charge in [0.2, 0.25) is 0 Å². The van der Waals surface area contributed by atoms with Crippen molar-refractivity contribution in [1.29, 1.82) is 0 Å². The molecule has 0 aromatic carbocycles. The summed E-state index contributed by atoms with van der Waals surface area (Å²) in [5.74, 6) is 0.561. The lowest BCUT2D eigenvalue weighted by molar-refractivity contribution is 0.277. The van der Waals surface area contributed by atoms with Gasteiger partial charge in [-0.05, 0) is 25.2 Å². The molecule has 0 radical (unpaired) electrons. The Hall–Kier alpha value is -1.87. The van der Waals surface area contributed by atoms with E-state index in [1.165, 1.54) is 14.0 Å². The highest BCUT2D eigenvalue weighted by Gasteiger charge is 2.34. The van der Waals surface area contributed by atoms with E-state index in [2.05, 4.69) is 10.6 Å². The number of hydrogen-bond donors (Lipinski definition) is 3. The van der Waals surface area contributed by atoms with Crippen LogP contribution in [-0.2, 0) is 13.6 Å². The monoisotopic (exact) mass is 353 g/mol. The highest BCUT2D eigenvalue weighted by Crippen LogP contribution is 2.33. The molecule has 2 atom stereocenters. The van der Waals surface area contributed by atoms with Crippen molar-refractivity contribution in [3.8, 4) is 0 Å². The topological polar surface area (TPSA) is 91.5 Å². The van der Waals surface area contributed by atoms with Crippen molar-refractivity contribution >= 4 is 23.3 Å². The molecule has 0 spiro atoms. The molecule has 3 heterocycles. The van der Waals surface area contributed by atoms with E-state index in [1.54, 1.807) is 18.8 Å². The Balaban J connectivity index is 1.98. The Morgan fingerprint density at radius 1 is 1.38 bits per heavy atom. The van der Waals surface area contributed by atoms with E-state index >= 15 is 0 Å². The van der Waals surface area contributed by atoms with Crippen LogP contribution in [-0.4, -0.2) is 38.9 Å². The molecule has 0 aliphatic carbocycles. The van der Waals surface area contributed by atoms with Crippen LogP contribution >= 0.6 is 11.8 Å². The molecular formula is C15H23N5O3S. The number of aromatic nitrogens is 2. The van der Waals surface area contributed by atoms with Crippen molar-refractivity contribution in [3.63, 3.8) is 0 Å². The number of thioether (sulfide) groups is 1. The number of fused-ring (bicyclic) bond motifs is 1. The summed E-state index contributed by atoms with van der Waals surface area (Å²) < 4.78 is 2.68. The molecule has 24 heavy (non-hydrogen) atoms. The third-order valence-corrected chi connectivity index (χ3v) is 5.39. The normalized spacial score (nSPS) is 22.2. The van der Waals surface area contributed by atoms with E-state index in [-0.39, 0.29) is 35.9 Å². The number of aliphatic hydroxyl groups excluding tert-OH is 1. The second-order valence-electron chi connectivity index (χ2n) is 6.07. The maximum absolute atomic E-state index is 12.9. The summed E-state index contributed by atoms with van der Waals surface area (Å²) in [7, 11) is 1.66. The smallest absolute Gasteiger partial charge is 0.332 e. The van der Waals surface area contributed by atoms with Crippen molar-refractivity contribution in [2.24, 2.45) is 7.05 Å². The molecule has 0 bridgehead atoms. The van der Waals surface area contributed by atoms with Crippen molar-refractivity contribution in [2.45, 2.75) is 38.4 Å². The molecule has 2 aliphatic rings.